The molecule has 0 aliphatic carbocycles. The van der Waals surface area contributed by atoms with Gasteiger partial charge in [-0.25, -0.2) is 14.8 Å². The van der Waals surface area contributed by atoms with Crippen LogP contribution in [-0.4, -0.2) is 38.6 Å². The zero-order chi connectivity index (χ0) is 21.0. The first-order chi connectivity index (χ1) is 12.1. The molecule has 0 radical (unpaired) electrons. The summed E-state index contributed by atoms with van der Waals surface area (Å²) in [4.78, 5) is 26.2. The van der Waals surface area contributed by atoms with Gasteiger partial charge in [-0.2, -0.15) is 0 Å². The number of carbonyl (C=O) groups is 2. The molecule has 0 saturated carbocycles. The van der Waals surface area contributed by atoms with Crippen LogP contribution in [0.15, 0.2) is 36.4 Å². The molecule has 0 saturated heterocycles. The molecule has 0 aromatic heterocycles. The van der Waals surface area contributed by atoms with Crippen LogP contribution in [0.4, 0.5) is 4.79 Å². The molecule has 0 spiro atoms. The van der Waals surface area contributed by atoms with Crippen LogP contribution in [-0.2, 0) is 4.79 Å². The molecule has 3 amide bonds. The lowest BCUT2D eigenvalue weighted by Gasteiger charge is -2.49. The molecule has 1 aromatic carbocycles. The maximum absolute atomic E-state index is 13.1. The van der Waals surface area contributed by atoms with Crippen molar-refractivity contribution in [2.24, 2.45) is 0 Å². The molecule has 1 aromatic rings. The van der Waals surface area contributed by atoms with Crippen LogP contribution >= 0.6 is 0 Å². The van der Waals surface area contributed by atoms with E-state index >= 15 is 0 Å². The van der Waals surface area contributed by atoms with E-state index in [4.69, 9.17) is 0 Å². The molecule has 0 aliphatic rings. The number of benzene rings is 1. The normalized spacial score (nSPS) is 12.8. The first kappa shape index (κ1) is 22.7. The molecule has 27 heavy (non-hydrogen) atoms. The maximum atomic E-state index is 13.1. The molecule has 5 heteroatoms. The van der Waals surface area contributed by atoms with Gasteiger partial charge in [0.2, 0.25) is 0 Å². The quantitative estimate of drug-likeness (QED) is 0.595. The van der Waals surface area contributed by atoms with Gasteiger partial charge in [0.05, 0.1) is 11.1 Å². The average molecular weight is 374 g/mol. The summed E-state index contributed by atoms with van der Waals surface area (Å²) in [5.41, 5.74) is -0.645. The number of hydrogen-bond donors (Lipinski definition) is 1. The van der Waals surface area contributed by atoms with Crippen LogP contribution < -0.4 is 5.32 Å². The Bertz CT molecular complexity index is 674. The number of rotatable bonds is 2. The van der Waals surface area contributed by atoms with E-state index in [1.807, 2.05) is 92.6 Å². The first-order valence-electron chi connectivity index (χ1n) is 9.32. The summed E-state index contributed by atoms with van der Waals surface area (Å²) in [6.07, 6.45) is 3.28. The van der Waals surface area contributed by atoms with E-state index in [9.17, 15) is 9.59 Å². The zero-order valence-corrected chi connectivity index (χ0v) is 18.3. The van der Waals surface area contributed by atoms with Crippen molar-refractivity contribution in [3.63, 3.8) is 0 Å². The van der Waals surface area contributed by atoms with Gasteiger partial charge in [0.1, 0.15) is 0 Å². The predicted octanol–water partition coefficient (Wildman–Crippen LogP) is 4.85. The highest BCUT2D eigenvalue weighted by Gasteiger charge is 2.41. The summed E-state index contributed by atoms with van der Waals surface area (Å²) in [6, 6.07) is 9.33. The second-order valence-corrected chi connectivity index (χ2v) is 9.73. The Morgan fingerprint density at radius 3 is 1.70 bits per heavy atom. The Morgan fingerprint density at radius 2 is 1.30 bits per heavy atom. The number of hydrogen-bond acceptors (Lipinski definition) is 2. The lowest BCUT2D eigenvalue weighted by Crippen LogP contribution is -2.67. The molecule has 0 atom stereocenters. The lowest BCUT2D eigenvalue weighted by molar-refractivity contribution is -0.159. The van der Waals surface area contributed by atoms with Gasteiger partial charge in [0, 0.05) is 11.6 Å². The summed E-state index contributed by atoms with van der Waals surface area (Å²) < 4.78 is 0. The summed E-state index contributed by atoms with van der Waals surface area (Å²) in [7, 11) is 0. The molecule has 0 fully saturated rings. The SMILES string of the molecule is CC(C)(C)NC(=O)N(N(C(=O)/C=C/c1ccccc1)C(C)(C)C)C(C)(C)C. The van der Waals surface area contributed by atoms with Crippen molar-refractivity contribution < 1.29 is 9.59 Å². The third-order valence-electron chi connectivity index (χ3n) is 3.57. The highest BCUT2D eigenvalue weighted by molar-refractivity contribution is 5.93. The van der Waals surface area contributed by atoms with Gasteiger partial charge in [0.25, 0.3) is 5.91 Å². The standard InChI is InChI=1S/C22H35N3O2/c1-20(2,3)23-19(27)25(22(7,8)9)24(21(4,5)6)18(26)16-15-17-13-11-10-12-14-17/h10-16H,1-9H3,(H,23,27)/b16-15+. The average Bonchev–Trinajstić information content (AvgIpc) is 2.46. The number of nitrogens with zero attached hydrogens (tertiary/aromatic N) is 2. The Hall–Kier alpha value is -2.30. The van der Waals surface area contributed by atoms with Gasteiger partial charge in [-0.3, -0.25) is 4.79 Å². The van der Waals surface area contributed by atoms with Crippen LogP contribution in [0.1, 0.15) is 67.9 Å². The van der Waals surface area contributed by atoms with Crippen molar-refractivity contribution in [2.45, 2.75) is 78.9 Å². The molecule has 5 nitrogen and oxygen atoms in total. The van der Waals surface area contributed by atoms with Crippen LogP contribution in [0, 0.1) is 0 Å². The molecule has 0 unspecified atom stereocenters. The number of nitrogens with one attached hydrogen (secondary N) is 1. The smallest absolute Gasteiger partial charge is 0.332 e. The first-order valence-corrected chi connectivity index (χ1v) is 9.32. The number of carbonyl (C=O) groups excluding carboxylic acids is 2. The van der Waals surface area contributed by atoms with Crippen molar-refractivity contribution in [2.75, 3.05) is 0 Å². The van der Waals surface area contributed by atoms with E-state index in [1.165, 1.54) is 16.1 Å². The maximum Gasteiger partial charge on any atom is 0.337 e. The van der Waals surface area contributed by atoms with E-state index in [-0.39, 0.29) is 11.9 Å². The predicted molar refractivity (Wildman–Crippen MR) is 112 cm³/mol. The lowest BCUT2D eigenvalue weighted by atomic mass is 10.0. The van der Waals surface area contributed by atoms with Gasteiger partial charge in [0.15, 0.2) is 0 Å². The van der Waals surface area contributed by atoms with E-state index in [0.29, 0.717) is 0 Å². The second-order valence-electron chi connectivity index (χ2n) is 9.73. The van der Waals surface area contributed by atoms with Crippen molar-refractivity contribution in [3.05, 3.63) is 42.0 Å². The second kappa shape index (κ2) is 8.15. The van der Waals surface area contributed by atoms with Gasteiger partial charge < -0.3 is 5.32 Å². The minimum atomic E-state index is -0.584. The summed E-state index contributed by atoms with van der Waals surface area (Å²) in [6.45, 7) is 17.3. The van der Waals surface area contributed by atoms with Gasteiger partial charge in [-0.15, -0.1) is 0 Å². The summed E-state index contributed by atoms with van der Waals surface area (Å²) in [5.74, 6) is -0.245. The summed E-state index contributed by atoms with van der Waals surface area (Å²) >= 11 is 0. The van der Waals surface area contributed by atoms with E-state index in [1.54, 1.807) is 6.08 Å². The molecule has 1 N–H and O–H groups in total. The van der Waals surface area contributed by atoms with Crippen LogP contribution in [0.3, 0.4) is 0 Å². The molecule has 0 bridgehead atoms. The molecular formula is C22H35N3O2. The van der Waals surface area contributed by atoms with E-state index in [2.05, 4.69) is 5.32 Å². The van der Waals surface area contributed by atoms with E-state index in [0.717, 1.165) is 5.56 Å². The van der Waals surface area contributed by atoms with Crippen molar-refractivity contribution >= 4 is 18.0 Å². The minimum absolute atomic E-state index is 0.245. The number of urea groups is 1. The zero-order valence-electron chi connectivity index (χ0n) is 18.3. The fourth-order valence-electron chi connectivity index (χ4n) is 2.60. The fraction of sp³-hybridized carbons (Fsp3) is 0.545. The Balaban J connectivity index is 3.29. The monoisotopic (exact) mass is 373 g/mol. The largest absolute Gasteiger partial charge is 0.337 e. The molecule has 0 aliphatic heterocycles. The van der Waals surface area contributed by atoms with E-state index < -0.39 is 16.6 Å². The Morgan fingerprint density at radius 1 is 0.815 bits per heavy atom. The number of hydrazine groups is 1. The highest BCUT2D eigenvalue weighted by Crippen LogP contribution is 2.26. The summed E-state index contributed by atoms with van der Waals surface area (Å²) in [5, 5.41) is 6.03. The number of amides is 3. The van der Waals surface area contributed by atoms with Crippen molar-refractivity contribution in [1.29, 1.82) is 0 Å². The third-order valence-corrected chi connectivity index (χ3v) is 3.57. The molecular weight excluding hydrogens is 338 g/mol. The van der Waals surface area contributed by atoms with Crippen molar-refractivity contribution in [3.8, 4) is 0 Å². The molecule has 0 heterocycles. The highest BCUT2D eigenvalue weighted by atomic mass is 16.2. The third kappa shape index (κ3) is 7.08. The van der Waals surface area contributed by atoms with Crippen LogP contribution in [0.25, 0.3) is 6.08 Å². The topological polar surface area (TPSA) is 52.7 Å². The van der Waals surface area contributed by atoms with Crippen LogP contribution in [0.2, 0.25) is 0 Å². The minimum Gasteiger partial charge on any atom is -0.332 e. The molecule has 1 rings (SSSR count). The molecule has 150 valence electrons. The Kier molecular flexibility index (Phi) is 6.87. The fourth-order valence-corrected chi connectivity index (χ4v) is 2.60. The van der Waals surface area contributed by atoms with Gasteiger partial charge in [-0.1, -0.05) is 30.3 Å². The Labute approximate surface area is 164 Å². The van der Waals surface area contributed by atoms with Crippen LogP contribution in [0.5, 0.6) is 0 Å². The van der Waals surface area contributed by atoms with Crippen molar-refractivity contribution in [1.82, 2.24) is 15.3 Å². The van der Waals surface area contributed by atoms with Gasteiger partial charge in [-0.05, 0) is 74.0 Å². The van der Waals surface area contributed by atoms with Gasteiger partial charge >= 0.3 is 6.03 Å².